The fourth-order valence-corrected chi connectivity index (χ4v) is 3.58. The van der Waals surface area contributed by atoms with Crippen molar-refractivity contribution in [1.29, 1.82) is 0 Å². The minimum absolute atomic E-state index is 0.0157. The molecule has 3 aromatic rings. The highest BCUT2D eigenvalue weighted by molar-refractivity contribution is 7.14. The molecule has 1 aromatic carbocycles. The SMILES string of the molecule is Cc1ncc(C(=O)Cc2csc(-c3ccc(Cl)cc3)c2C(=O)O)cn1. The van der Waals surface area contributed by atoms with E-state index in [1.165, 1.54) is 23.7 Å². The topological polar surface area (TPSA) is 80.2 Å². The maximum atomic E-state index is 12.4. The van der Waals surface area contributed by atoms with E-state index in [1.54, 1.807) is 36.6 Å². The molecule has 0 unspecified atom stereocenters. The number of hydrogen-bond donors (Lipinski definition) is 1. The number of Topliss-reactive ketones (excluding diaryl/α,β-unsaturated/α-hetero) is 1. The molecule has 2 heterocycles. The number of carboxylic acids is 1. The van der Waals surface area contributed by atoms with Crippen molar-refractivity contribution in [1.82, 2.24) is 9.97 Å². The minimum atomic E-state index is -1.06. The van der Waals surface area contributed by atoms with Gasteiger partial charge in [0.25, 0.3) is 0 Å². The summed E-state index contributed by atoms with van der Waals surface area (Å²) < 4.78 is 0. The Bertz CT molecular complexity index is 934. The fraction of sp³-hybridized carbons (Fsp3) is 0.111. The van der Waals surface area contributed by atoms with Crippen molar-refractivity contribution in [2.24, 2.45) is 0 Å². The lowest BCUT2D eigenvalue weighted by Crippen LogP contribution is -2.09. The van der Waals surface area contributed by atoms with Crippen molar-refractivity contribution in [2.45, 2.75) is 13.3 Å². The molecule has 0 aliphatic heterocycles. The van der Waals surface area contributed by atoms with Gasteiger partial charge in [0.15, 0.2) is 5.78 Å². The largest absolute Gasteiger partial charge is 0.478 e. The second-order valence-electron chi connectivity index (χ2n) is 5.40. The van der Waals surface area contributed by atoms with Gasteiger partial charge >= 0.3 is 5.97 Å². The first kappa shape index (κ1) is 17.3. The van der Waals surface area contributed by atoms with Crippen LogP contribution in [0.1, 0.15) is 32.1 Å². The first-order valence-corrected chi connectivity index (χ1v) is 8.63. The van der Waals surface area contributed by atoms with E-state index in [1.807, 2.05) is 0 Å². The average Bonchev–Trinajstić information content (AvgIpc) is 3.00. The van der Waals surface area contributed by atoms with Crippen LogP contribution in [-0.4, -0.2) is 26.8 Å². The standard InChI is InChI=1S/C18H13ClN2O3S/c1-10-20-7-13(8-21-10)15(22)6-12-9-25-17(16(12)18(23)24)11-2-4-14(19)5-3-11/h2-5,7-9H,6H2,1H3,(H,23,24). The van der Waals surface area contributed by atoms with Crippen LogP contribution in [0.25, 0.3) is 10.4 Å². The zero-order valence-electron chi connectivity index (χ0n) is 13.2. The highest BCUT2D eigenvalue weighted by atomic mass is 35.5. The van der Waals surface area contributed by atoms with Crippen molar-refractivity contribution in [3.63, 3.8) is 0 Å². The molecule has 5 nitrogen and oxygen atoms in total. The Morgan fingerprint density at radius 3 is 2.40 bits per heavy atom. The molecular weight excluding hydrogens is 360 g/mol. The molecule has 7 heteroatoms. The van der Waals surface area contributed by atoms with Crippen LogP contribution in [-0.2, 0) is 6.42 Å². The van der Waals surface area contributed by atoms with E-state index in [0.717, 1.165) is 5.56 Å². The molecule has 0 bridgehead atoms. The molecule has 25 heavy (non-hydrogen) atoms. The van der Waals surface area contributed by atoms with Crippen LogP contribution in [0.15, 0.2) is 42.0 Å². The number of rotatable bonds is 5. The summed E-state index contributed by atoms with van der Waals surface area (Å²) >= 11 is 7.18. The third-order valence-corrected chi connectivity index (χ3v) is 4.97. The lowest BCUT2D eigenvalue weighted by atomic mass is 10.0. The predicted molar refractivity (Wildman–Crippen MR) is 96.5 cm³/mol. The van der Waals surface area contributed by atoms with Gasteiger partial charge in [0.2, 0.25) is 0 Å². The number of aromatic nitrogens is 2. The van der Waals surface area contributed by atoms with Crippen molar-refractivity contribution in [3.8, 4) is 10.4 Å². The van der Waals surface area contributed by atoms with Gasteiger partial charge in [-0.3, -0.25) is 4.79 Å². The van der Waals surface area contributed by atoms with Gasteiger partial charge < -0.3 is 5.11 Å². The Hall–Kier alpha value is -2.57. The number of hydrogen-bond acceptors (Lipinski definition) is 5. The number of halogens is 1. The van der Waals surface area contributed by atoms with Gasteiger partial charge in [0, 0.05) is 28.7 Å². The third-order valence-electron chi connectivity index (χ3n) is 3.64. The zero-order valence-corrected chi connectivity index (χ0v) is 14.8. The van der Waals surface area contributed by atoms with Gasteiger partial charge in [-0.15, -0.1) is 11.3 Å². The molecule has 0 spiro atoms. The van der Waals surface area contributed by atoms with Gasteiger partial charge in [-0.2, -0.15) is 0 Å². The normalized spacial score (nSPS) is 10.6. The molecule has 1 N–H and O–H groups in total. The number of thiophene rings is 1. The first-order valence-electron chi connectivity index (χ1n) is 7.37. The van der Waals surface area contributed by atoms with E-state index >= 15 is 0 Å². The maximum Gasteiger partial charge on any atom is 0.337 e. The number of carbonyl (C=O) groups is 2. The van der Waals surface area contributed by atoms with Gasteiger partial charge in [-0.25, -0.2) is 14.8 Å². The molecule has 0 atom stereocenters. The fourth-order valence-electron chi connectivity index (χ4n) is 2.38. The zero-order chi connectivity index (χ0) is 18.0. The molecular formula is C18H13ClN2O3S. The van der Waals surface area contributed by atoms with Crippen LogP contribution >= 0.6 is 22.9 Å². The summed E-state index contributed by atoms with van der Waals surface area (Å²) in [4.78, 5) is 32.8. The number of aryl methyl sites for hydroxylation is 1. The molecule has 0 radical (unpaired) electrons. The molecule has 0 fully saturated rings. The molecule has 0 aliphatic rings. The van der Waals surface area contributed by atoms with Crippen LogP contribution in [0.4, 0.5) is 0 Å². The van der Waals surface area contributed by atoms with Crippen LogP contribution in [0.5, 0.6) is 0 Å². The van der Waals surface area contributed by atoms with E-state index in [-0.39, 0.29) is 17.8 Å². The van der Waals surface area contributed by atoms with Crippen molar-refractivity contribution < 1.29 is 14.7 Å². The number of ketones is 1. The smallest absolute Gasteiger partial charge is 0.337 e. The summed E-state index contributed by atoms with van der Waals surface area (Å²) in [6.07, 6.45) is 2.90. The van der Waals surface area contributed by atoms with Gasteiger partial charge in [-0.05, 0) is 35.6 Å². The van der Waals surface area contributed by atoms with Crippen molar-refractivity contribution >= 4 is 34.7 Å². The Morgan fingerprint density at radius 2 is 1.80 bits per heavy atom. The highest BCUT2D eigenvalue weighted by Gasteiger charge is 2.22. The summed E-state index contributed by atoms with van der Waals surface area (Å²) in [7, 11) is 0. The Morgan fingerprint density at radius 1 is 1.16 bits per heavy atom. The number of nitrogens with zero attached hydrogens (tertiary/aromatic N) is 2. The van der Waals surface area contributed by atoms with Crippen molar-refractivity contribution in [3.05, 3.63) is 69.6 Å². The van der Waals surface area contributed by atoms with Crippen LogP contribution in [0, 0.1) is 6.92 Å². The molecule has 0 aliphatic carbocycles. The van der Waals surface area contributed by atoms with E-state index < -0.39 is 5.97 Å². The second-order valence-corrected chi connectivity index (χ2v) is 6.71. The van der Waals surface area contributed by atoms with Gasteiger partial charge in [-0.1, -0.05) is 23.7 Å². The van der Waals surface area contributed by atoms with E-state index in [2.05, 4.69) is 9.97 Å². The van der Waals surface area contributed by atoms with E-state index in [9.17, 15) is 14.7 Å². The molecule has 3 rings (SSSR count). The molecule has 0 saturated heterocycles. The van der Waals surface area contributed by atoms with Crippen molar-refractivity contribution in [2.75, 3.05) is 0 Å². The highest BCUT2D eigenvalue weighted by Crippen LogP contribution is 2.34. The average molecular weight is 373 g/mol. The van der Waals surface area contributed by atoms with Crippen LogP contribution < -0.4 is 0 Å². The van der Waals surface area contributed by atoms with E-state index in [0.29, 0.717) is 26.9 Å². The second kappa shape index (κ2) is 7.13. The summed E-state index contributed by atoms with van der Waals surface area (Å²) in [6, 6.07) is 6.94. The van der Waals surface area contributed by atoms with Crippen LogP contribution in [0.2, 0.25) is 5.02 Å². The lowest BCUT2D eigenvalue weighted by molar-refractivity contribution is 0.0697. The molecule has 0 saturated carbocycles. The Kier molecular flexibility index (Phi) is 4.92. The summed E-state index contributed by atoms with van der Waals surface area (Å²) in [6.45, 7) is 1.73. The first-order chi connectivity index (χ1) is 12.0. The summed E-state index contributed by atoms with van der Waals surface area (Å²) in [5.41, 5.74) is 1.74. The summed E-state index contributed by atoms with van der Waals surface area (Å²) in [5.74, 6) is -0.708. The molecule has 126 valence electrons. The number of carbonyl (C=O) groups excluding carboxylic acids is 1. The third kappa shape index (κ3) is 3.75. The number of aromatic carboxylic acids is 1. The van der Waals surface area contributed by atoms with Crippen LogP contribution in [0.3, 0.4) is 0 Å². The quantitative estimate of drug-likeness (QED) is 0.676. The lowest BCUT2D eigenvalue weighted by Gasteiger charge is -2.04. The Balaban J connectivity index is 1.94. The monoisotopic (exact) mass is 372 g/mol. The van der Waals surface area contributed by atoms with Gasteiger partial charge in [0.05, 0.1) is 11.1 Å². The molecule has 2 aromatic heterocycles. The minimum Gasteiger partial charge on any atom is -0.478 e. The maximum absolute atomic E-state index is 12.4. The van der Waals surface area contributed by atoms with Gasteiger partial charge in [0.1, 0.15) is 5.82 Å². The molecule has 0 amide bonds. The number of benzene rings is 1. The number of carboxylic acid groups (broad SMARTS) is 1. The summed E-state index contributed by atoms with van der Waals surface area (Å²) in [5, 5.41) is 11.9. The van der Waals surface area contributed by atoms with E-state index in [4.69, 9.17) is 11.6 Å². The Labute approximate surface area is 153 Å². The predicted octanol–water partition coefficient (Wildman–Crippen LogP) is 4.29.